The third-order valence-electron chi connectivity index (χ3n) is 4.90. The van der Waals surface area contributed by atoms with Crippen molar-refractivity contribution in [3.8, 4) is 5.82 Å². The molecule has 0 saturated carbocycles. The minimum Gasteiger partial charge on any atom is -0.369 e. The number of hydrogen-bond donors (Lipinski definition) is 0. The molecule has 7 nitrogen and oxygen atoms in total. The molecule has 1 aliphatic rings. The lowest BCUT2D eigenvalue weighted by Gasteiger charge is -2.33. The average Bonchev–Trinajstić information content (AvgIpc) is 3.25. The van der Waals surface area contributed by atoms with Crippen LogP contribution >= 0.6 is 11.6 Å². The highest BCUT2D eigenvalue weighted by molar-refractivity contribution is 6.33. The molecule has 0 aromatic carbocycles. The van der Waals surface area contributed by atoms with Gasteiger partial charge in [-0.15, -0.1) is 0 Å². The lowest BCUT2D eigenvalue weighted by molar-refractivity contribution is -0.137. The number of halogens is 4. The van der Waals surface area contributed by atoms with Crippen LogP contribution in [0.5, 0.6) is 0 Å². The van der Waals surface area contributed by atoms with Crippen LogP contribution in [0.1, 0.15) is 24.4 Å². The highest BCUT2D eigenvalue weighted by Gasteiger charge is 2.31. The van der Waals surface area contributed by atoms with E-state index in [9.17, 15) is 18.0 Å². The van der Waals surface area contributed by atoms with Gasteiger partial charge in [-0.2, -0.15) is 28.1 Å². The smallest absolute Gasteiger partial charge is 0.369 e. The Labute approximate surface area is 168 Å². The number of piperidine rings is 1. The van der Waals surface area contributed by atoms with Gasteiger partial charge < -0.3 is 4.90 Å². The molecule has 3 aromatic rings. The second-order valence-electron chi connectivity index (χ2n) is 6.67. The van der Waals surface area contributed by atoms with Gasteiger partial charge in [-0.25, -0.2) is 4.98 Å². The lowest BCUT2D eigenvalue weighted by Crippen LogP contribution is -2.36. The second-order valence-corrected chi connectivity index (χ2v) is 7.05. The Kier molecular flexibility index (Phi) is 5.03. The molecule has 0 radical (unpaired) electrons. The van der Waals surface area contributed by atoms with Crippen LogP contribution in [0.4, 0.5) is 18.9 Å². The van der Waals surface area contributed by atoms with Crippen LogP contribution in [0.25, 0.3) is 5.82 Å². The summed E-state index contributed by atoms with van der Waals surface area (Å²) in [7, 11) is 0. The van der Waals surface area contributed by atoms with Crippen molar-refractivity contribution >= 4 is 17.3 Å². The van der Waals surface area contributed by atoms with Gasteiger partial charge in [0, 0.05) is 31.7 Å². The summed E-state index contributed by atoms with van der Waals surface area (Å²) in [6.45, 7) is 1.35. The highest BCUT2D eigenvalue weighted by Crippen LogP contribution is 2.30. The molecule has 0 aliphatic carbocycles. The summed E-state index contributed by atoms with van der Waals surface area (Å²) in [6, 6.07) is 4.09. The number of anilines is 1. The van der Waals surface area contributed by atoms with Gasteiger partial charge in [0.25, 0.3) is 5.56 Å². The molecule has 0 amide bonds. The summed E-state index contributed by atoms with van der Waals surface area (Å²) in [5.74, 6) is -0.0335. The molecule has 11 heteroatoms. The molecule has 0 spiro atoms. The van der Waals surface area contributed by atoms with Crippen molar-refractivity contribution in [3.05, 3.63) is 63.9 Å². The van der Waals surface area contributed by atoms with E-state index < -0.39 is 17.3 Å². The predicted molar refractivity (Wildman–Crippen MR) is 100 cm³/mol. The summed E-state index contributed by atoms with van der Waals surface area (Å²) >= 11 is 6.28. The van der Waals surface area contributed by atoms with Gasteiger partial charge in [0.15, 0.2) is 5.82 Å². The minimum absolute atomic E-state index is 0.0335. The quantitative estimate of drug-likeness (QED) is 0.645. The minimum atomic E-state index is -4.51. The van der Waals surface area contributed by atoms with Crippen LogP contribution in [0.3, 0.4) is 0 Å². The highest BCUT2D eigenvalue weighted by atomic mass is 35.5. The SMILES string of the molecule is O=c1c(Cl)c(N2CCC(n3cccn3)CC2)cnn1-c1ccc(C(F)(F)F)cn1. The van der Waals surface area contributed by atoms with Crippen molar-refractivity contribution in [1.29, 1.82) is 0 Å². The monoisotopic (exact) mass is 424 g/mol. The van der Waals surface area contributed by atoms with Crippen molar-refractivity contribution in [3.63, 3.8) is 0 Å². The Morgan fingerprint density at radius 3 is 2.45 bits per heavy atom. The Hall–Kier alpha value is -2.88. The van der Waals surface area contributed by atoms with E-state index in [2.05, 4.69) is 15.2 Å². The molecule has 1 saturated heterocycles. The van der Waals surface area contributed by atoms with E-state index in [0.717, 1.165) is 29.7 Å². The molecule has 1 aliphatic heterocycles. The van der Waals surface area contributed by atoms with E-state index in [0.29, 0.717) is 25.0 Å². The number of nitrogens with zero attached hydrogens (tertiary/aromatic N) is 6. The predicted octanol–water partition coefficient (Wildman–Crippen LogP) is 3.34. The zero-order valence-electron chi connectivity index (χ0n) is 15.1. The summed E-state index contributed by atoms with van der Waals surface area (Å²) in [5.41, 5.74) is -1.04. The van der Waals surface area contributed by atoms with E-state index in [1.54, 1.807) is 6.20 Å². The molecule has 0 atom stereocenters. The summed E-state index contributed by atoms with van der Waals surface area (Å²) in [5, 5.41) is 8.28. The van der Waals surface area contributed by atoms with Crippen LogP contribution in [-0.4, -0.2) is 37.6 Å². The molecular weight excluding hydrogens is 409 g/mol. The Morgan fingerprint density at radius 2 is 1.86 bits per heavy atom. The van der Waals surface area contributed by atoms with Crippen LogP contribution in [-0.2, 0) is 6.18 Å². The number of alkyl halides is 3. The number of pyridine rings is 1. The van der Waals surface area contributed by atoms with E-state index >= 15 is 0 Å². The fraction of sp³-hybridized carbons (Fsp3) is 0.333. The lowest BCUT2D eigenvalue weighted by atomic mass is 10.1. The van der Waals surface area contributed by atoms with Crippen molar-refractivity contribution in [2.45, 2.75) is 25.1 Å². The molecule has 0 unspecified atom stereocenters. The molecule has 0 N–H and O–H groups in total. The van der Waals surface area contributed by atoms with Gasteiger partial charge in [-0.05, 0) is 31.0 Å². The fourth-order valence-corrected chi connectivity index (χ4v) is 3.60. The van der Waals surface area contributed by atoms with Crippen molar-refractivity contribution in [1.82, 2.24) is 24.5 Å². The molecule has 152 valence electrons. The van der Waals surface area contributed by atoms with Gasteiger partial charge in [-0.1, -0.05) is 11.6 Å². The Morgan fingerprint density at radius 1 is 1.10 bits per heavy atom. The van der Waals surface area contributed by atoms with Crippen LogP contribution in [0, 0.1) is 0 Å². The van der Waals surface area contributed by atoms with Crippen LogP contribution in [0.2, 0.25) is 5.02 Å². The van der Waals surface area contributed by atoms with Crippen molar-refractivity contribution in [2.24, 2.45) is 0 Å². The van der Waals surface area contributed by atoms with Crippen LogP contribution in [0.15, 0.2) is 47.8 Å². The topological polar surface area (TPSA) is 68.8 Å². The van der Waals surface area contributed by atoms with Gasteiger partial charge in [-0.3, -0.25) is 9.48 Å². The van der Waals surface area contributed by atoms with Crippen molar-refractivity contribution < 1.29 is 13.2 Å². The summed E-state index contributed by atoms with van der Waals surface area (Å²) in [6.07, 6.45) is 2.93. The maximum Gasteiger partial charge on any atom is 0.417 e. The van der Waals surface area contributed by atoms with Gasteiger partial charge in [0.1, 0.15) is 5.02 Å². The molecule has 4 heterocycles. The Bertz CT molecular complexity index is 1040. The zero-order valence-corrected chi connectivity index (χ0v) is 15.8. The van der Waals surface area contributed by atoms with E-state index in [4.69, 9.17) is 11.6 Å². The van der Waals surface area contributed by atoms with E-state index in [1.807, 2.05) is 21.8 Å². The second kappa shape index (κ2) is 7.51. The summed E-state index contributed by atoms with van der Waals surface area (Å²) < 4.78 is 40.9. The first-order chi connectivity index (χ1) is 13.8. The third kappa shape index (κ3) is 3.84. The first kappa shape index (κ1) is 19.4. The molecule has 0 bridgehead atoms. The normalized spacial score (nSPS) is 15.7. The number of hydrogen-bond acceptors (Lipinski definition) is 5. The van der Waals surface area contributed by atoms with E-state index in [1.165, 1.54) is 6.20 Å². The Balaban J connectivity index is 1.54. The van der Waals surface area contributed by atoms with Gasteiger partial charge in [0.2, 0.25) is 0 Å². The molecule has 29 heavy (non-hydrogen) atoms. The molecule has 3 aromatic heterocycles. The van der Waals surface area contributed by atoms with Crippen molar-refractivity contribution in [2.75, 3.05) is 18.0 Å². The maximum atomic E-state index is 12.7. The maximum absolute atomic E-state index is 12.7. The number of rotatable bonds is 3. The van der Waals surface area contributed by atoms with E-state index in [-0.39, 0.29) is 16.9 Å². The van der Waals surface area contributed by atoms with Gasteiger partial charge in [0.05, 0.1) is 23.5 Å². The molecule has 1 fully saturated rings. The zero-order chi connectivity index (χ0) is 20.6. The largest absolute Gasteiger partial charge is 0.417 e. The first-order valence-corrected chi connectivity index (χ1v) is 9.28. The average molecular weight is 425 g/mol. The standard InChI is InChI=1S/C18H16ClF3N6O/c19-16-14(26-8-4-13(5-9-26)27-7-1-6-24-27)11-25-28(17(16)29)15-3-2-12(10-23-15)18(20,21)22/h1-3,6-7,10-11,13H,4-5,8-9H2. The van der Waals surface area contributed by atoms with Crippen LogP contribution < -0.4 is 10.5 Å². The third-order valence-corrected chi connectivity index (χ3v) is 5.25. The molecule has 4 rings (SSSR count). The van der Waals surface area contributed by atoms with Gasteiger partial charge >= 0.3 is 6.18 Å². The fourth-order valence-electron chi connectivity index (χ4n) is 3.35. The summed E-state index contributed by atoms with van der Waals surface area (Å²) in [4.78, 5) is 18.3. The molecular formula is C18H16ClF3N6O. The first-order valence-electron chi connectivity index (χ1n) is 8.90. The number of aromatic nitrogens is 5.